The molecule has 0 aliphatic carbocycles. The molecular formula is C36H41FN8S. The number of halogens is 1. The maximum absolute atomic E-state index is 14.8. The molecule has 1 aromatic carbocycles. The third kappa shape index (κ3) is 7.70. The van der Waals surface area contributed by atoms with Gasteiger partial charge >= 0.3 is 0 Å². The second kappa shape index (κ2) is 12.9. The van der Waals surface area contributed by atoms with Gasteiger partial charge in [0.25, 0.3) is 0 Å². The highest BCUT2D eigenvalue weighted by Gasteiger charge is 2.18. The molecule has 0 saturated heterocycles. The summed E-state index contributed by atoms with van der Waals surface area (Å²) >= 11 is 0. The Morgan fingerprint density at radius 3 is 2.54 bits per heavy atom. The molecule has 0 aliphatic heterocycles. The van der Waals surface area contributed by atoms with Gasteiger partial charge in [-0.25, -0.2) is 14.4 Å². The first kappa shape index (κ1) is 32.6. The highest BCUT2D eigenvalue weighted by molar-refractivity contribution is 8.25. The summed E-state index contributed by atoms with van der Waals surface area (Å²) in [5, 5.41) is 11.0. The molecule has 4 aromatic heterocycles. The van der Waals surface area contributed by atoms with Crippen LogP contribution in [0.25, 0.3) is 50.3 Å². The van der Waals surface area contributed by atoms with Crippen molar-refractivity contribution in [2.24, 2.45) is 5.41 Å². The molecule has 0 fully saturated rings. The van der Waals surface area contributed by atoms with Gasteiger partial charge in [0.2, 0.25) is 0 Å². The van der Waals surface area contributed by atoms with Gasteiger partial charge in [-0.05, 0) is 84.2 Å². The number of H-pyrrole nitrogens is 2. The molecule has 0 bridgehead atoms. The fourth-order valence-corrected chi connectivity index (χ4v) is 5.67. The van der Waals surface area contributed by atoms with Crippen molar-refractivity contribution in [2.75, 3.05) is 6.26 Å². The smallest absolute Gasteiger partial charge is 0.161 e. The number of allylic oxidation sites excluding steroid dienone is 5. The first-order valence-electron chi connectivity index (χ1n) is 14.9. The molecule has 10 heteroatoms. The lowest BCUT2D eigenvalue weighted by atomic mass is 9.91. The molecule has 0 radical (unpaired) electrons. The van der Waals surface area contributed by atoms with Crippen molar-refractivity contribution >= 4 is 48.8 Å². The Kier molecular flexibility index (Phi) is 9.14. The standard InChI is InChI=1S/C36H41FN8S/c1-10-24(17-27(11-2)40-22(3)18-36(4,5)6)29-12-13-30-33(41-29)34(45-44-30)35-42-31-21-38-20-28(32(31)43-35)25-14-23(15-26(37)16-25)19-39-46(7,8)9/h10-17,20-21,39-40H,2-3,7-8,18-19H2,1,4-6,9H3,(H,42,43)(H,44,45)/b24-10+,27-17+. The van der Waals surface area contributed by atoms with E-state index < -0.39 is 9.39 Å². The van der Waals surface area contributed by atoms with Crippen LogP contribution in [0.4, 0.5) is 4.39 Å². The number of aromatic nitrogens is 6. The molecule has 0 atom stereocenters. The quantitative estimate of drug-likeness (QED) is 0.0864. The molecule has 4 N–H and O–H groups in total. The summed E-state index contributed by atoms with van der Waals surface area (Å²) < 4.78 is 18.0. The van der Waals surface area contributed by atoms with E-state index in [1.54, 1.807) is 18.5 Å². The minimum atomic E-state index is -1.45. The van der Waals surface area contributed by atoms with Crippen molar-refractivity contribution in [3.8, 4) is 22.6 Å². The predicted octanol–water partition coefficient (Wildman–Crippen LogP) is 8.02. The van der Waals surface area contributed by atoms with Crippen LogP contribution in [0, 0.1) is 11.2 Å². The average Bonchev–Trinajstić information content (AvgIpc) is 3.60. The van der Waals surface area contributed by atoms with Crippen LogP contribution in [-0.2, 0) is 6.54 Å². The van der Waals surface area contributed by atoms with E-state index in [0.29, 0.717) is 45.7 Å². The van der Waals surface area contributed by atoms with Crippen LogP contribution >= 0.6 is 9.39 Å². The summed E-state index contributed by atoms with van der Waals surface area (Å²) in [5.41, 5.74) is 9.04. The van der Waals surface area contributed by atoms with Crippen LogP contribution < -0.4 is 10.0 Å². The van der Waals surface area contributed by atoms with Crippen molar-refractivity contribution in [2.45, 2.75) is 40.7 Å². The third-order valence-corrected chi connectivity index (χ3v) is 7.96. The Hall–Kier alpha value is -4.80. The molecule has 46 heavy (non-hydrogen) atoms. The van der Waals surface area contributed by atoms with Crippen LogP contribution in [0.3, 0.4) is 0 Å². The van der Waals surface area contributed by atoms with Crippen LogP contribution in [0.15, 0.2) is 85.5 Å². The van der Waals surface area contributed by atoms with Gasteiger partial charge in [0.15, 0.2) is 11.5 Å². The Balaban J connectivity index is 1.50. The molecule has 8 nitrogen and oxygen atoms in total. The Bertz CT molecular complexity index is 2120. The number of benzene rings is 1. The van der Waals surface area contributed by atoms with Gasteiger partial charge < -0.3 is 10.3 Å². The van der Waals surface area contributed by atoms with Crippen LogP contribution in [0.2, 0.25) is 0 Å². The first-order chi connectivity index (χ1) is 21.7. The predicted molar refractivity (Wildman–Crippen MR) is 195 cm³/mol. The summed E-state index contributed by atoms with van der Waals surface area (Å²) in [6, 6.07) is 8.83. The number of aromatic amines is 2. The fourth-order valence-electron chi connectivity index (χ4n) is 5.15. The van der Waals surface area contributed by atoms with E-state index in [1.165, 1.54) is 12.1 Å². The Labute approximate surface area is 270 Å². The second-order valence-electron chi connectivity index (χ2n) is 12.8. The third-order valence-electron chi connectivity index (χ3n) is 7.12. The van der Waals surface area contributed by atoms with E-state index in [2.05, 4.69) is 75.9 Å². The zero-order valence-corrected chi connectivity index (χ0v) is 27.9. The number of nitrogens with one attached hydrogen (secondary N) is 4. The lowest BCUT2D eigenvalue weighted by Crippen LogP contribution is -2.16. The molecule has 4 heterocycles. The van der Waals surface area contributed by atoms with Crippen molar-refractivity contribution in [3.05, 3.63) is 103 Å². The molecule has 5 rings (SSSR count). The van der Waals surface area contributed by atoms with E-state index in [9.17, 15) is 4.39 Å². The molecule has 238 valence electrons. The number of pyridine rings is 2. The minimum absolute atomic E-state index is 0.109. The fraction of sp³-hybridized carbons (Fsp3) is 0.222. The molecule has 0 amide bonds. The number of nitrogens with zero attached hydrogens (tertiary/aromatic N) is 4. The number of rotatable bonds is 11. The van der Waals surface area contributed by atoms with Gasteiger partial charge in [0, 0.05) is 29.7 Å². The number of hydrogen-bond acceptors (Lipinski definition) is 6. The minimum Gasteiger partial charge on any atom is -0.359 e. The van der Waals surface area contributed by atoms with Crippen molar-refractivity contribution in [1.29, 1.82) is 0 Å². The number of fused-ring (bicyclic) bond motifs is 2. The molecule has 5 aromatic rings. The van der Waals surface area contributed by atoms with Crippen LogP contribution in [0.1, 0.15) is 45.4 Å². The molecule has 0 spiro atoms. The van der Waals surface area contributed by atoms with E-state index >= 15 is 0 Å². The zero-order valence-electron chi connectivity index (χ0n) is 27.1. The maximum Gasteiger partial charge on any atom is 0.161 e. The first-order valence-corrected chi connectivity index (χ1v) is 17.2. The molecular weight excluding hydrogens is 596 g/mol. The highest BCUT2D eigenvalue weighted by Crippen LogP contribution is 2.32. The van der Waals surface area contributed by atoms with Crippen molar-refractivity contribution in [1.82, 2.24) is 40.2 Å². The number of imidazole rings is 1. The van der Waals surface area contributed by atoms with Gasteiger partial charge in [-0.1, -0.05) is 51.7 Å². The van der Waals surface area contributed by atoms with Gasteiger partial charge in [-0.15, -0.1) is 0 Å². The topological polar surface area (TPSA) is 107 Å². The van der Waals surface area contributed by atoms with Crippen LogP contribution in [-0.4, -0.2) is 48.1 Å². The Morgan fingerprint density at radius 2 is 1.85 bits per heavy atom. The SMILES string of the molecule is C=C/C(=C\C(=C/C)c1ccc2[nH]nc(-c3nc4c(-c5cc(F)cc(CNS(=C)(=C)C)c5)cncc4[nH]3)c2n1)NC(=C)CC(C)(C)C. The highest BCUT2D eigenvalue weighted by atomic mass is 32.2. The summed E-state index contributed by atoms with van der Waals surface area (Å²) in [6.45, 7) is 17.1. The summed E-state index contributed by atoms with van der Waals surface area (Å²) in [4.78, 5) is 17.7. The monoisotopic (exact) mass is 636 g/mol. The lowest BCUT2D eigenvalue weighted by molar-refractivity contribution is 0.403. The average molecular weight is 637 g/mol. The second-order valence-corrected chi connectivity index (χ2v) is 15.6. The largest absolute Gasteiger partial charge is 0.359 e. The van der Waals surface area contributed by atoms with Gasteiger partial charge in [-0.2, -0.15) is 14.5 Å². The van der Waals surface area contributed by atoms with Gasteiger partial charge in [0.05, 0.1) is 28.4 Å². The van der Waals surface area contributed by atoms with E-state index in [1.807, 2.05) is 43.5 Å². The van der Waals surface area contributed by atoms with E-state index in [-0.39, 0.29) is 11.2 Å². The summed E-state index contributed by atoms with van der Waals surface area (Å²) in [5.74, 6) is 8.28. The molecule has 0 aliphatic rings. The summed E-state index contributed by atoms with van der Waals surface area (Å²) in [6.07, 6.45) is 11.9. The zero-order chi connectivity index (χ0) is 33.2. The summed E-state index contributed by atoms with van der Waals surface area (Å²) in [7, 11) is -1.45. The van der Waals surface area contributed by atoms with Gasteiger partial charge in [0.1, 0.15) is 11.3 Å². The normalized spacial score (nSPS) is 13.0. The van der Waals surface area contributed by atoms with E-state index in [0.717, 1.165) is 40.2 Å². The Morgan fingerprint density at radius 1 is 1.07 bits per heavy atom. The lowest BCUT2D eigenvalue weighted by Gasteiger charge is -2.21. The molecule has 0 unspecified atom stereocenters. The van der Waals surface area contributed by atoms with Crippen molar-refractivity contribution < 1.29 is 4.39 Å². The van der Waals surface area contributed by atoms with Crippen molar-refractivity contribution in [3.63, 3.8) is 0 Å². The van der Waals surface area contributed by atoms with Gasteiger partial charge in [-0.3, -0.25) is 14.8 Å². The maximum atomic E-state index is 14.8. The number of hydrogen-bond donors (Lipinski definition) is 4. The van der Waals surface area contributed by atoms with E-state index in [4.69, 9.17) is 9.97 Å². The van der Waals surface area contributed by atoms with Crippen LogP contribution in [0.5, 0.6) is 0 Å². The molecule has 0 saturated carbocycles.